The van der Waals surface area contributed by atoms with Gasteiger partial charge in [0.2, 0.25) is 24.8 Å². The first-order valence-electron chi connectivity index (χ1n) is 9.60. The molecule has 0 amide bonds. The van der Waals surface area contributed by atoms with Crippen molar-refractivity contribution in [3.8, 4) is 0 Å². The van der Waals surface area contributed by atoms with Crippen LogP contribution in [-0.2, 0) is 0 Å². The molecule has 0 saturated heterocycles. The van der Waals surface area contributed by atoms with Crippen molar-refractivity contribution in [2.45, 2.75) is 0 Å². The number of rotatable bonds is 6. The summed E-state index contributed by atoms with van der Waals surface area (Å²) < 4.78 is 1.10. The average molecular weight is 532 g/mol. The van der Waals surface area contributed by atoms with Crippen LogP contribution in [0, 0.1) is 10.4 Å². The van der Waals surface area contributed by atoms with Gasteiger partial charge in [-0.2, -0.15) is 9.46 Å². The summed E-state index contributed by atoms with van der Waals surface area (Å²) in [6.07, 6.45) is 4.53. The van der Waals surface area contributed by atoms with Gasteiger partial charge in [-0.1, -0.05) is 0 Å². The molecule has 198 valence electrons. The Hall–Kier alpha value is -6.06. The minimum absolute atomic E-state index is 0.368. The molecule has 0 unspecified atom stereocenters. The molecular weight excluding hydrogens is 516 g/mol. The molecule has 6 N–H and O–H groups in total. The van der Waals surface area contributed by atoms with E-state index in [2.05, 4.69) is 0 Å². The van der Waals surface area contributed by atoms with Gasteiger partial charge in [0, 0.05) is 0 Å². The van der Waals surface area contributed by atoms with E-state index in [0.29, 0.717) is 9.46 Å². The van der Waals surface area contributed by atoms with Crippen molar-refractivity contribution in [2.75, 3.05) is 0 Å². The highest BCUT2D eigenvalue weighted by atomic mass is 16.5. The fourth-order valence-corrected chi connectivity index (χ4v) is 2.36. The van der Waals surface area contributed by atoms with Crippen LogP contribution in [0.3, 0.4) is 0 Å². The molecule has 0 saturated carbocycles. The van der Waals surface area contributed by atoms with E-state index in [9.17, 15) is 39.2 Å². The van der Waals surface area contributed by atoms with Crippen LogP contribution in [0.5, 0.6) is 0 Å². The number of carboxylic acids is 6. The van der Waals surface area contributed by atoms with E-state index in [4.69, 9.17) is 30.6 Å². The van der Waals surface area contributed by atoms with Crippen LogP contribution in [-0.4, -0.2) is 66.5 Å². The Morgan fingerprint density at radius 1 is 0.395 bits per heavy atom. The molecule has 0 aliphatic carbocycles. The summed E-state index contributed by atoms with van der Waals surface area (Å²) in [5.41, 5.74) is -2.21. The second-order valence-corrected chi connectivity index (χ2v) is 6.75. The fraction of sp³-hybridized carbons (Fsp3) is 0. The summed E-state index contributed by atoms with van der Waals surface area (Å²) in [4.78, 5) is 63.4. The van der Waals surface area contributed by atoms with Crippen molar-refractivity contribution >= 4 is 35.8 Å². The quantitative estimate of drug-likeness (QED) is 0.186. The molecule has 2 aromatic carbocycles. The third kappa shape index (κ3) is 9.29. The van der Waals surface area contributed by atoms with Gasteiger partial charge in [-0.25, -0.2) is 28.8 Å². The van der Waals surface area contributed by atoms with E-state index in [0.717, 1.165) is 61.2 Å². The van der Waals surface area contributed by atoms with Gasteiger partial charge >= 0.3 is 35.8 Å². The van der Waals surface area contributed by atoms with Crippen molar-refractivity contribution < 1.29 is 68.9 Å². The topological polar surface area (TPSA) is 278 Å². The van der Waals surface area contributed by atoms with Gasteiger partial charge in [0.1, 0.15) is 0 Å². The molecule has 16 nitrogen and oxygen atoms in total. The van der Waals surface area contributed by atoms with E-state index in [1.54, 1.807) is 0 Å². The van der Waals surface area contributed by atoms with Crippen LogP contribution >= 0.6 is 0 Å². The normalized spacial score (nSPS) is 9.47. The molecule has 0 fully saturated rings. The van der Waals surface area contributed by atoms with Gasteiger partial charge in [-0.3, -0.25) is 0 Å². The number of benzene rings is 2. The third-order valence-corrected chi connectivity index (χ3v) is 4.07. The maximum atomic E-state index is 10.6. The van der Waals surface area contributed by atoms with Crippen LogP contribution in [0.15, 0.2) is 61.2 Å². The largest absolute Gasteiger partial charge is 0.618 e. The molecule has 1 aromatic heterocycles. The van der Waals surface area contributed by atoms with E-state index in [1.165, 1.54) is 0 Å². The molecule has 0 atom stereocenters. The van der Waals surface area contributed by atoms with E-state index < -0.39 is 35.8 Å². The highest BCUT2D eigenvalue weighted by Crippen LogP contribution is 2.12. The molecule has 0 aliphatic rings. The van der Waals surface area contributed by atoms with Gasteiger partial charge in [-0.05, 0) is 36.4 Å². The molecule has 1 heterocycles. The fourth-order valence-electron chi connectivity index (χ4n) is 2.36. The van der Waals surface area contributed by atoms with Crippen molar-refractivity contribution in [2.24, 2.45) is 0 Å². The predicted octanol–water partition coefficient (Wildman–Crippen LogP) is 0.516. The summed E-state index contributed by atoms with van der Waals surface area (Å²) in [6.45, 7) is 0. The minimum atomic E-state index is -1.37. The van der Waals surface area contributed by atoms with Gasteiger partial charge in [0.15, 0.2) is 0 Å². The summed E-state index contributed by atoms with van der Waals surface area (Å²) in [5, 5.41) is 72.0. The Morgan fingerprint density at radius 3 is 0.632 bits per heavy atom. The first-order valence-corrected chi connectivity index (χ1v) is 9.60. The van der Waals surface area contributed by atoms with Crippen molar-refractivity contribution in [1.82, 2.24) is 0 Å². The smallest absolute Gasteiger partial charge is 0.335 e. The zero-order chi connectivity index (χ0) is 29.2. The lowest BCUT2D eigenvalue weighted by Gasteiger charge is -2.00. The number of carboxylic acid groups (broad SMARTS) is 6. The monoisotopic (exact) mass is 532 g/mol. The lowest BCUT2D eigenvalue weighted by Crippen LogP contribution is -2.33. The lowest BCUT2D eigenvalue weighted by atomic mass is 10.1. The minimum Gasteiger partial charge on any atom is -0.618 e. The van der Waals surface area contributed by atoms with Gasteiger partial charge in [0.25, 0.3) is 0 Å². The van der Waals surface area contributed by atoms with Crippen LogP contribution in [0.4, 0.5) is 0 Å². The number of hydrogen-bond acceptors (Lipinski definition) is 8. The molecule has 0 aliphatic heterocycles. The van der Waals surface area contributed by atoms with Gasteiger partial charge < -0.3 is 41.1 Å². The Morgan fingerprint density at radius 2 is 0.526 bits per heavy atom. The average Bonchev–Trinajstić information content (AvgIpc) is 2.85. The van der Waals surface area contributed by atoms with Crippen molar-refractivity contribution in [1.29, 1.82) is 0 Å². The Balaban J connectivity index is 0.000000298. The summed E-state index contributed by atoms with van der Waals surface area (Å²) in [7, 11) is 0. The Kier molecular flexibility index (Phi) is 10.4. The number of aromatic carboxylic acids is 6. The molecule has 0 bridgehead atoms. The Bertz CT molecular complexity index is 1140. The van der Waals surface area contributed by atoms with E-state index in [1.807, 2.05) is 0 Å². The molecular formula is C22H16N2O14. The molecule has 16 heteroatoms. The third-order valence-electron chi connectivity index (χ3n) is 4.07. The zero-order valence-electron chi connectivity index (χ0n) is 18.6. The first-order chi connectivity index (χ1) is 17.6. The number of carbonyl (C=O) groups is 6. The highest BCUT2D eigenvalue weighted by molar-refractivity contribution is 5.99. The van der Waals surface area contributed by atoms with Gasteiger partial charge in [0.05, 0.1) is 33.4 Å². The lowest BCUT2D eigenvalue weighted by molar-refractivity contribution is -0.665. The summed E-state index contributed by atoms with van der Waals surface area (Å²) in [5.74, 6) is -8.25. The van der Waals surface area contributed by atoms with Crippen molar-refractivity contribution in [3.05, 3.63) is 105 Å². The highest BCUT2D eigenvalue weighted by Gasteiger charge is 2.15. The molecule has 3 rings (SSSR count). The van der Waals surface area contributed by atoms with Crippen molar-refractivity contribution in [3.63, 3.8) is 0 Å². The molecule has 0 spiro atoms. The summed E-state index contributed by atoms with van der Waals surface area (Å²) in [6, 6.07) is 5.40. The number of nitrogens with zero attached hydrogens (tertiary/aromatic N) is 2. The van der Waals surface area contributed by atoms with Crippen LogP contribution < -0.4 is 9.46 Å². The Labute approximate surface area is 210 Å². The molecule has 3 aromatic rings. The zero-order valence-corrected chi connectivity index (χ0v) is 18.6. The van der Waals surface area contributed by atoms with Crippen LogP contribution in [0.25, 0.3) is 0 Å². The number of hydrogen-bond donors (Lipinski definition) is 6. The van der Waals surface area contributed by atoms with E-state index >= 15 is 0 Å². The molecule has 38 heavy (non-hydrogen) atoms. The summed E-state index contributed by atoms with van der Waals surface area (Å²) >= 11 is 0. The second kappa shape index (κ2) is 13.1. The number of aromatic nitrogens is 2. The maximum absolute atomic E-state index is 10.6. The second-order valence-electron chi connectivity index (χ2n) is 6.75. The first kappa shape index (κ1) is 30.0. The van der Waals surface area contributed by atoms with E-state index in [-0.39, 0.29) is 33.4 Å². The van der Waals surface area contributed by atoms with Gasteiger partial charge in [-0.15, -0.1) is 0 Å². The maximum Gasteiger partial charge on any atom is 0.335 e. The molecule has 0 radical (unpaired) electrons. The van der Waals surface area contributed by atoms with Crippen LogP contribution in [0.1, 0.15) is 62.1 Å². The SMILES string of the molecule is O=C(O)c1cc(C(=O)O)cc(C(=O)O)c1.O=C(O)c1cc(C(=O)O)cc(C(=O)O)c1.[O-][n+]1cc[n+]([O-])cc1. The predicted molar refractivity (Wildman–Crippen MR) is 119 cm³/mol. The van der Waals surface area contributed by atoms with Crippen LogP contribution in [0.2, 0.25) is 0 Å². The standard InChI is InChI=1S/2C9H6O6.C4H4N2O2/c2*10-7(11)4-1-5(8(12)13)3-6(2-4)9(14)15;7-5-1-2-6(8)4-3-5/h2*1-3H,(H,10,11)(H,12,13)(H,14,15);1-4H.